The molecule has 0 saturated carbocycles. The highest BCUT2D eigenvalue weighted by Gasteiger charge is 2.19. The first-order valence-electron chi connectivity index (χ1n) is 9.20. The van der Waals surface area contributed by atoms with Crippen LogP contribution in [0.4, 0.5) is 0 Å². The number of hydrogen-bond acceptors (Lipinski definition) is 3. The molecule has 27 heavy (non-hydrogen) atoms. The average molecular weight is 389 g/mol. The van der Waals surface area contributed by atoms with E-state index in [1.807, 2.05) is 18.2 Å². The van der Waals surface area contributed by atoms with Gasteiger partial charge in [-0.15, -0.1) is 0 Å². The van der Waals surface area contributed by atoms with Crippen LogP contribution in [-0.2, 0) is 21.2 Å². The fraction of sp³-hybridized carbons (Fsp3) is 0.381. The van der Waals surface area contributed by atoms with Gasteiger partial charge in [-0.3, -0.25) is 4.79 Å². The molecule has 2 rings (SSSR count). The standard InChI is InChI=1S/C21H28N2O3S/c1-16(2)20(18-8-4-3-5-9-18)15-21(24)23-14-6-7-17-10-12-19(13-11-17)27(22,25)26/h3-5,8-13,16,20H,6-7,14-15H2,1-2H3,(H,23,24)(H2,22,25,26). The lowest BCUT2D eigenvalue weighted by atomic mass is 9.85. The van der Waals surface area contributed by atoms with E-state index in [1.54, 1.807) is 12.1 Å². The van der Waals surface area contributed by atoms with Crippen LogP contribution in [-0.4, -0.2) is 20.9 Å². The Morgan fingerprint density at radius 2 is 1.67 bits per heavy atom. The van der Waals surface area contributed by atoms with Crippen LogP contribution >= 0.6 is 0 Å². The van der Waals surface area contributed by atoms with Crippen LogP contribution in [0.15, 0.2) is 59.5 Å². The van der Waals surface area contributed by atoms with Crippen LogP contribution in [0.1, 0.15) is 43.7 Å². The number of hydrogen-bond donors (Lipinski definition) is 2. The zero-order chi connectivity index (χ0) is 19.9. The van der Waals surface area contributed by atoms with E-state index in [-0.39, 0.29) is 16.7 Å². The molecule has 1 unspecified atom stereocenters. The first kappa shape index (κ1) is 21.1. The van der Waals surface area contributed by atoms with Crippen molar-refractivity contribution in [3.05, 3.63) is 65.7 Å². The van der Waals surface area contributed by atoms with Crippen molar-refractivity contribution < 1.29 is 13.2 Å². The van der Waals surface area contributed by atoms with Gasteiger partial charge in [0, 0.05) is 13.0 Å². The van der Waals surface area contributed by atoms with E-state index in [4.69, 9.17) is 5.14 Å². The Morgan fingerprint density at radius 3 is 2.22 bits per heavy atom. The summed E-state index contributed by atoms with van der Waals surface area (Å²) < 4.78 is 22.5. The molecule has 0 fully saturated rings. The van der Waals surface area contributed by atoms with Crippen molar-refractivity contribution in [1.29, 1.82) is 0 Å². The highest BCUT2D eigenvalue weighted by Crippen LogP contribution is 2.27. The van der Waals surface area contributed by atoms with Gasteiger partial charge in [0.2, 0.25) is 15.9 Å². The Kier molecular flexibility index (Phi) is 7.56. The summed E-state index contributed by atoms with van der Waals surface area (Å²) in [4.78, 5) is 12.4. The van der Waals surface area contributed by atoms with Gasteiger partial charge in [-0.05, 0) is 47.9 Å². The fourth-order valence-electron chi connectivity index (χ4n) is 3.08. The van der Waals surface area contributed by atoms with Gasteiger partial charge >= 0.3 is 0 Å². The number of rotatable bonds is 9. The molecule has 6 heteroatoms. The molecule has 0 aromatic heterocycles. The Labute approximate surface area is 162 Å². The van der Waals surface area contributed by atoms with Crippen molar-refractivity contribution in [2.45, 2.75) is 43.9 Å². The van der Waals surface area contributed by atoms with E-state index in [2.05, 4.69) is 31.3 Å². The number of carbonyl (C=O) groups excluding carboxylic acids is 1. The number of sulfonamides is 1. The van der Waals surface area contributed by atoms with Gasteiger partial charge in [0.05, 0.1) is 4.90 Å². The molecule has 0 aliphatic carbocycles. The molecule has 3 N–H and O–H groups in total. The van der Waals surface area contributed by atoms with Crippen molar-refractivity contribution in [3.8, 4) is 0 Å². The summed E-state index contributed by atoms with van der Waals surface area (Å²) in [6.07, 6.45) is 2.03. The van der Waals surface area contributed by atoms with Crippen molar-refractivity contribution in [1.82, 2.24) is 5.32 Å². The van der Waals surface area contributed by atoms with Gasteiger partial charge in [-0.2, -0.15) is 0 Å². The van der Waals surface area contributed by atoms with Crippen LogP contribution in [0.2, 0.25) is 0 Å². The van der Waals surface area contributed by atoms with E-state index >= 15 is 0 Å². The summed E-state index contributed by atoms with van der Waals surface area (Å²) in [5.74, 6) is 0.648. The molecule has 2 aromatic rings. The molecule has 0 spiro atoms. The maximum Gasteiger partial charge on any atom is 0.238 e. The highest BCUT2D eigenvalue weighted by atomic mass is 32.2. The molecule has 5 nitrogen and oxygen atoms in total. The molecule has 0 radical (unpaired) electrons. The van der Waals surface area contributed by atoms with Crippen molar-refractivity contribution in [3.63, 3.8) is 0 Å². The first-order chi connectivity index (χ1) is 12.8. The summed E-state index contributed by atoms with van der Waals surface area (Å²) in [5, 5.41) is 8.08. The normalized spacial score (nSPS) is 12.7. The molecule has 1 amide bonds. The second-order valence-electron chi connectivity index (χ2n) is 7.11. The molecule has 0 saturated heterocycles. The summed E-state index contributed by atoms with van der Waals surface area (Å²) in [6, 6.07) is 16.7. The SMILES string of the molecule is CC(C)C(CC(=O)NCCCc1ccc(S(N)(=O)=O)cc1)c1ccccc1. The molecule has 0 aliphatic rings. The van der Waals surface area contributed by atoms with Crippen LogP contribution in [0.3, 0.4) is 0 Å². The third-order valence-corrected chi connectivity index (χ3v) is 5.58. The summed E-state index contributed by atoms with van der Waals surface area (Å²) in [7, 11) is -3.65. The lowest BCUT2D eigenvalue weighted by Gasteiger charge is -2.21. The minimum atomic E-state index is -3.65. The number of primary sulfonamides is 1. The van der Waals surface area contributed by atoms with E-state index < -0.39 is 10.0 Å². The largest absolute Gasteiger partial charge is 0.356 e. The van der Waals surface area contributed by atoms with Crippen LogP contribution in [0.25, 0.3) is 0 Å². The van der Waals surface area contributed by atoms with E-state index in [9.17, 15) is 13.2 Å². The number of amides is 1. The summed E-state index contributed by atoms with van der Waals surface area (Å²) >= 11 is 0. The zero-order valence-corrected chi connectivity index (χ0v) is 16.7. The lowest BCUT2D eigenvalue weighted by Crippen LogP contribution is -2.27. The second-order valence-corrected chi connectivity index (χ2v) is 8.67. The van der Waals surface area contributed by atoms with Crippen LogP contribution in [0.5, 0.6) is 0 Å². The highest BCUT2D eigenvalue weighted by molar-refractivity contribution is 7.89. The molecular weight excluding hydrogens is 360 g/mol. The van der Waals surface area contributed by atoms with Crippen molar-refractivity contribution in [2.24, 2.45) is 11.1 Å². The van der Waals surface area contributed by atoms with Gasteiger partial charge < -0.3 is 5.32 Å². The van der Waals surface area contributed by atoms with Crippen LogP contribution in [0, 0.1) is 5.92 Å². The monoisotopic (exact) mass is 388 g/mol. The Bertz CT molecular complexity index is 831. The van der Waals surface area contributed by atoms with Gasteiger partial charge in [0.15, 0.2) is 0 Å². The number of nitrogens with one attached hydrogen (secondary N) is 1. The average Bonchev–Trinajstić information content (AvgIpc) is 2.63. The lowest BCUT2D eigenvalue weighted by molar-refractivity contribution is -0.121. The van der Waals surface area contributed by atoms with Gasteiger partial charge in [0.25, 0.3) is 0 Å². The first-order valence-corrected chi connectivity index (χ1v) is 10.8. The summed E-state index contributed by atoms with van der Waals surface area (Å²) in [5.41, 5.74) is 2.21. The molecule has 146 valence electrons. The van der Waals surface area contributed by atoms with E-state index in [0.29, 0.717) is 18.9 Å². The molecule has 0 aliphatic heterocycles. The van der Waals surface area contributed by atoms with Gasteiger partial charge in [-0.25, -0.2) is 13.6 Å². The zero-order valence-electron chi connectivity index (χ0n) is 15.9. The second kappa shape index (κ2) is 9.67. The third-order valence-electron chi connectivity index (χ3n) is 4.65. The Morgan fingerprint density at radius 1 is 1.04 bits per heavy atom. The smallest absolute Gasteiger partial charge is 0.238 e. The Balaban J connectivity index is 1.78. The van der Waals surface area contributed by atoms with Crippen LogP contribution < -0.4 is 10.5 Å². The topological polar surface area (TPSA) is 89.3 Å². The predicted molar refractivity (Wildman–Crippen MR) is 108 cm³/mol. The number of carbonyl (C=O) groups is 1. The Hall–Kier alpha value is -2.18. The van der Waals surface area contributed by atoms with Gasteiger partial charge in [-0.1, -0.05) is 56.3 Å². The van der Waals surface area contributed by atoms with Crippen molar-refractivity contribution in [2.75, 3.05) is 6.54 Å². The van der Waals surface area contributed by atoms with Crippen molar-refractivity contribution >= 4 is 15.9 Å². The molecular formula is C21H28N2O3S. The third kappa shape index (κ3) is 6.81. The fourth-order valence-corrected chi connectivity index (χ4v) is 3.59. The minimum Gasteiger partial charge on any atom is -0.356 e. The number of benzene rings is 2. The van der Waals surface area contributed by atoms with Gasteiger partial charge in [0.1, 0.15) is 0 Å². The molecule has 0 bridgehead atoms. The number of nitrogens with two attached hydrogens (primary N) is 1. The minimum absolute atomic E-state index is 0.0575. The molecule has 1 atom stereocenters. The summed E-state index contributed by atoms with van der Waals surface area (Å²) in [6.45, 7) is 4.86. The molecule has 0 heterocycles. The maximum atomic E-state index is 12.3. The maximum absolute atomic E-state index is 12.3. The predicted octanol–water partition coefficient (Wildman–Crippen LogP) is 3.21. The van der Waals surface area contributed by atoms with E-state index in [0.717, 1.165) is 18.4 Å². The van der Waals surface area contributed by atoms with E-state index in [1.165, 1.54) is 17.7 Å². The molecule has 2 aromatic carbocycles. The number of aryl methyl sites for hydroxylation is 1. The quantitative estimate of drug-likeness (QED) is 0.647.